The summed E-state index contributed by atoms with van der Waals surface area (Å²) in [6, 6.07) is 6.66. The fraction of sp³-hybridized carbons (Fsp3) is 0.571. The van der Waals surface area contributed by atoms with E-state index in [0.29, 0.717) is 6.04 Å². The first-order valence-corrected chi connectivity index (χ1v) is 7.99. The molecule has 0 aliphatic rings. The molecular weight excluding hydrogens is 264 g/mol. The maximum absolute atomic E-state index is 6.36. The molecule has 0 heterocycles. The molecule has 0 saturated heterocycles. The highest BCUT2D eigenvalue weighted by molar-refractivity contribution is 7.98. The lowest BCUT2D eigenvalue weighted by Gasteiger charge is -2.30. The summed E-state index contributed by atoms with van der Waals surface area (Å²) in [7, 11) is 2.10. The minimum Gasteiger partial charge on any atom is -0.370 e. The summed E-state index contributed by atoms with van der Waals surface area (Å²) in [4.78, 5) is 2.26. The van der Waals surface area contributed by atoms with Crippen LogP contribution in [0.1, 0.15) is 19.4 Å². The quantitative estimate of drug-likeness (QED) is 0.869. The van der Waals surface area contributed by atoms with Gasteiger partial charge < -0.3 is 10.6 Å². The molecule has 0 aliphatic carbocycles. The van der Waals surface area contributed by atoms with E-state index in [4.69, 9.17) is 17.3 Å². The van der Waals surface area contributed by atoms with E-state index in [2.05, 4.69) is 31.2 Å². The Hall–Kier alpha value is -0.380. The second-order valence-electron chi connectivity index (χ2n) is 4.84. The van der Waals surface area contributed by atoms with Crippen LogP contribution in [-0.4, -0.2) is 31.1 Å². The van der Waals surface area contributed by atoms with Crippen molar-refractivity contribution >= 4 is 29.1 Å². The Balaban J connectivity index is 3.04. The number of thioether (sulfide) groups is 1. The van der Waals surface area contributed by atoms with E-state index in [1.807, 2.05) is 30.8 Å². The van der Waals surface area contributed by atoms with Crippen LogP contribution in [0, 0.1) is 0 Å². The van der Waals surface area contributed by atoms with E-state index in [1.165, 1.54) is 5.56 Å². The highest BCUT2D eigenvalue weighted by atomic mass is 35.5. The molecule has 2 unspecified atom stereocenters. The Morgan fingerprint density at radius 2 is 2.06 bits per heavy atom. The molecule has 4 heteroatoms. The van der Waals surface area contributed by atoms with Crippen LogP contribution in [-0.2, 0) is 6.42 Å². The van der Waals surface area contributed by atoms with Crippen molar-refractivity contribution in [1.29, 1.82) is 0 Å². The van der Waals surface area contributed by atoms with E-state index in [1.54, 1.807) is 0 Å². The van der Waals surface area contributed by atoms with Gasteiger partial charge in [-0.15, -0.1) is 0 Å². The number of halogens is 1. The van der Waals surface area contributed by atoms with Crippen LogP contribution in [0.3, 0.4) is 0 Å². The zero-order valence-electron chi connectivity index (χ0n) is 11.6. The number of nitrogens with two attached hydrogens (primary N) is 1. The number of benzene rings is 1. The molecule has 0 bridgehead atoms. The summed E-state index contributed by atoms with van der Waals surface area (Å²) in [5.41, 5.74) is 8.27. The van der Waals surface area contributed by atoms with E-state index in [9.17, 15) is 0 Å². The van der Waals surface area contributed by atoms with Gasteiger partial charge in [0, 0.05) is 24.9 Å². The first-order valence-electron chi connectivity index (χ1n) is 6.22. The molecule has 102 valence electrons. The van der Waals surface area contributed by atoms with Gasteiger partial charge in [-0.2, -0.15) is 11.8 Å². The number of nitrogens with zero attached hydrogens (tertiary/aromatic N) is 1. The number of hydrogen-bond donors (Lipinski definition) is 1. The minimum atomic E-state index is 0.145. The third-order valence-corrected chi connectivity index (χ3v) is 4.15. The molecule has 0 radical (unpaired) electrons. The van der Waals surface area contributed by atoms with Gasteiger partial charge in [-0.05, 0) is 38.2 Å². The highest BCUT2D eigenvalue weighted by Gasteiger charge is 2.16. The zero-order chi connectivity index (χ0) is 13.7. The topological polar surface area (TPSA) is 29.3 Å². The highest BCUT2D eigenvalue weighted by Crippen LogP contribution is 2.31. The van der Waals surface area contributed by atoms with Crippen molar-refractivity contribution in [3.63, 3.8) is 0 Å². The molecule has 2 N–H and O–H groups in total. The molecule has 0 saturated carbocycles. The van der Waals surface area contributed by atoms with Crippen molar-refractivity contribution in [2.24, 2.45) is 5.73 Å². The lowest BCUT2D eigenvalue weighted by molar-refractivity contribution is 0.720. The monoisotopic (exact) mass is 286 g/mol. The lowest BCUT2D eigenvalue weighted by Crippen LogP contribution is -2.32. The lowest BCUT2D eigenvalue weighted by atomic mass is 10.0. The molecule has 1 rings (SSSR count). The minimum absolute atomic E-state index is 0.145. The molecule has 2 nitrogen and oxygen atoms in total. The fourth-order valence-corrected chi connectivity index (χ4v) is 3.07. The number of para-hydroxylation sites is 1. The van der Waals surface area contributed by atoms with Crippen LogP contribution in [0.4, 0.5) is 5.69 Å². The van der Waals surface area contributed by atoms with E-state index in [-0.39, 0.29) is 6.04 Å². The summed E-state index contributed by atoms with van der Waals surface area (Å²) >= 11 is 8.21. The third kappa shape index (κ3) is 4.08. The fourth-order valence-electron chi connectivity index (χ4n) is 2.04. The third-order valence-electron chi connectivity index (χ3n) is 3.03. The van der Waals surface area contributed by atoms with Crippen molar-refractivity contribution in [1.82, 2.24) is 0 Å². The van der Waals surface area contributed by atoms with Gasteiger partial charge in [-0.1, -0.05) is 23.7 Å². The first-order chi connectivity index (χ1) is 8.47. The molecule has 18 heavy (non-hydrogen) atoms. The largest absolute Gasteiger partial charge is 0.370 e. The standard InChI is InChI=1S/C14H23ClN2S/c1-10(16)8-12-6-5-7-13(15)14(12)17(3)11(2)9-18-4/h5-7,10-11H,8-9,16H2,1-4H3. The summed E-state index contributed by atoms with van der Waals surface area (Å²) in [6.07, 6.45) is 2.98. The molecule has 2 atom stereocenters. The summed E-state index contributed by atoms with van der Waals surface area (Å²) in [5.74, 6) is 1.08. The Morgan fingerprint density at radius 3 is 2.61 bits per heavy atom. The Kier molecular flexibility index (Phi) is 6.33. The van der Waals surface area contributed by atoms with Crippen LogP contribution >= 0.6 is 23.4 Å². The van der Waals surface area contributed by atoms with Crippen LogP contribution in [0.2, 0.25) is 5.02 Å². The normalized spacial score (nSPS) is 14.3. The summed E-state index contributed by atoms with van der Waals surface area (Å²) in [5, 5.41) is 0.809. The number of rotatable bonds is 6. The van der Waals surface area contributed by atoms with Gasteiger partial charge in [0.15, 0.2) is 0 Å². The molecule has 0 amide bonds. The van der Waals surface area contributed by atoms with Crippen LogP contribution in [0.15, 0.2) is 18.2 Å². The summed E-state index contributed by atoms with van der Waals surface area (Å²) < 4.78 is 0. The molecule has 1 aromatic rings. The van der Waals surface area contributed by atoms with Gasteiger partial charge in [0.2, 0.25) is 0 Å². The molecule has 0 aliphatic heterocycles. The molecule has 0 aromatic heterocycles. The Morgan fingerprint density at radius 1 is 1.39 bits per heavy atom. The molecule has 0 spiro atoms. The second kappa shape index (κ2) is 7.27. The SMILES string of the molecule is CSCC(C)N(C)c1c(Cl)cccc1CC(C)N. The Bertz CT molecular complexity index is 382. The van der Waals surface area contributed by atoms with Crippen molar-refractivity contribution in [2.45, 2.75) is 32.4 Å². The second-order valence-corrected chi connectivity index (χ2v) is 6.16. The van der Waals surface area contributed by atoms with Crippen LogP contribution < -0.4 is 10.6 Å². The van der Waals surface area contributed by atoms with Crippen LogP contribution in [0.5, 0.6) is 0 Å². The molecule has 1 aromatic carbocycles. The van der Waals surface area contributed by atoms with Crippen molar-refractivity contribution < 1.29 is 0 Å². The number of hydrogen-bond acceptors (Lipinski definition) is 3. The van der Waals surface area contributed by atoms with Crippen molar-refractivity contribution in [2.75, 3.05) is 24.0 Å². The summed E-state index contributed by atoms with van der Waals surface area (Å²) in [6.45, 7) is 4.24. The van der Waals surface area contributed by atoms with Gasteiger partial charge in [0.25, 0.3) is 0 Å². The van der Waals surface area contributed by atoms with E-state index < -0.39 is 0 Å². The maximum atomic E-state index is 6.36. The molecular formula is C14H23ClN2S. The predicted molar refractivity (Wildman–Crippen MR) is 85.1 cm³/mol. The van der Waals surface area contributed by atoms with Gasteiger partial charge in [0.1, 0.15) is 0 Å². The maximum Gasteiger partial charge on any atom is 0.0642 e. The first kappa shape index (κ1) is 15.7. The van der Waals surface area contributed by atoms with Crippen molar-refractivity contribution in [3.8, 4) is 0 Å². The Labute approximate surface area is 120 Å². The van der Waals surface area contributed by atoms with E-state index in [0.717, 1.165) is 22.9 Å². The van der Waals surface area contributed by atoms with Gasteiger partial charge in [-0.3, -0.25) is 0 Å². The average Bonchev–Trinajstić information content (AvgIpc) is 2.28. The van der Waals surface area contributed by atoms with Crippen molar-refractivity contribution in [3.05, 3.63) is 28.8 Å². The number of anilines is 1. The van der Waals surface area contributed by atoms with Gasteiger partial charge in [-0.25, -0.2) is 0 Å². The van der Waals surface area contributed by atoms with E-state index >= 15 is 0 Å². The van der Waals surface area contributed by atoms with Gasteiger partial charge >= 0.3 is 0 Å². The zero-order valence-corrected chi connectivity index (χ0v) is 13.2. The smallest absolute Gasteiger partial charge is 0.0642 e. The average molecular weight is 287 g/mol. The van der Waals surface area contributed by atoms with Gasteiger partial charge in [0.05, 0.1) is 10.7 Å². The van der Waals surface area contributed by atoms with Crippen LogP contribution in [0.25, 0.3) is 0 Å². The molecule has 0 fully saturated rings. The predicted octanol–water partition coefficient (Wildman–Crippen LogP) is 3.42.